The summed E-state index contributed by atoms with van der Waals surface area (Å²) in [6.45, 7) is 1.91. The van der Waals surface area contributed by atoms with Crippen LogP contribution in [0, 0.1) is 18.3 Å². The van der Waals surface area contributed by atoms with E-state index in [1.165, 1.54) is 12.1 Å². The van der Waals surface area contributed by atoms with Gasteiger partial charge in [-0.2, -0.15) is 5.26 Å². The van der Waals surface area contributed by atoms with E-state index >= 15 is 0 Å². The fraction of sp³-hybridized carbons (Fsp3) is 0.0714. The number of nitriles is 1. The number of nitrogens with zero attached hydrogens (tertiary/aromatic N) is 1. The van der Waals surface area contributed by atoms with Crippen LogP contribution in [0.15, 0.2) is 51.8 Å². The van der Waals surface area contributed by atoms with Gasteiger partial charge < -0.3 is 0 Å². The molecule has 0 unspecified atom stereocenters. The molecule has 0 aliphatic heterocycles. The van der Waals surface area contributed by atoms with Crippen molar-refractivity contribution in [2.24, 2.45) is 0 Å². The summed E-state index contributed by atoms with van der Waals surface area (Å²) < 4.78 is 27.9. The monoisotopic (exact) mass is 350 g/mol. The van der Waals surface area contributed by atoms with E-state index in [1.807, 2.05) is 13.0 Å². The molecule has 1 N–H and O–H groups in total. The maximum absolute atomic E-state index is 12.3. The van der Waals surface area contributed by atoms with Crippen molar-refractivity contribution in [3.63, 3.8) is 0 Å². The summed E-state index contributed by atoms with van der Waals surface area (Å²) >= 11 is 3.35. The number of hydrogen-bond donors (Lipinski definition) is 1. The van der Waals surface area contributed by atoms with Crippen LogP contribution >= 0.6 is 15.9 Å². The van der Waals surface area contributed by atoms with Gasteiger partial charge in [-0.05, 0) is 36.8 Å². The normalized spacial score (nSPS) is 10.8. The van der Waals surface area contributed by atoms with E-state index in [-0.39, 0.29) is 10.5 Å². The van der Waals surface area contributed by atoms with Gasteiger partial charge in [0.05, 0.1) is 5.56 Å². The Hall–Kier alpha value is -1.84. The topological polar surface area (TPSA) is 70.0 Å². The number of halogens is 1. The summed E-state index contributed by atoms with van der Waals surface area (Å²) in [5.74, 6) is 0. The second-order valence-corrected chi connectivity index (χ2v) is 6.68. The summed E-state index contributed by atoms with van der Waals surface area (Å²) in [6, 6.07) is 13.1. The molecule has 2 rings (SSSR count). The molecule has 4 nitrogen and oxygen atoms in total. The van der Waals surface area contributed by atoms with Crippen molar-refractivity contribution >= 4 is 31.6 Å². The molecule has 0 atom stereocenters. The van der Waals surface area contributed by atoms with Gasteiger partial charge in [-0.25, -0.2) is 8.42 Å². The minimum atomic E-state index is -3.78. The number of sulfonamides is 1. The largest absolute Gasteiger partial charge is 0.280 e. The van der Waals surface area contributed by atoms with Gasteiger partial charge >= 0.3 is 0 Å². The molecular formula is C14H11BrN2O2S. The van der Waals surface area contributed by atoms with Gasteiger partial charge in [0.2, 0.25) is 0 Å². The van der Waals surface area contributed by atoms with Gasteiger partial charge in [-0.1, -0.05) is 34.1 Å². The van der Waals surface area contributed by atoms with E-state index in [1.54, 1.807) is 30.3 Å². The van der Waals surface area contributed by atoms with Gasteiger partial charge in [0.25, 0.3) is 10.0 Å². The summed E-state index contributed by atoms with van der Waals surface area (Å²) in [6.07, 6.45) is 0. The Labute approximate surface area is 126 Å². The molecule has 0 aliphatic rings. The number of nitrogens with one attached hydrogen (secondary N) is 1. The molecule has 0 heterocycles. The third-order valence-corrected chi connectivity index (χ3v) is 5.01. The van der Waals surface area contributed by atoms with E-state index in [4.69, 9.17) is 5.26 Å². The minimum Gasteiger partial charge on any atom is -0.280 e. The van der Waals surface area contributed by atoms with E-state index in [0.717, 1.165) is 10.0 Å². The molecule has 2 aromatic rings. The molecule has 0 amide bonds. The molecule has 6 heteroatoms. The molecule has 20 heavy (non-hydrogen) atoms. The summed E-state index contributed by atoms with van der Waals surface area (Å²) in [5, 5.41) is 8.98. The highest BCUT2D eigenvalue weighted by Gasteiger charge is 2.18. The highest BCUT2D eigenvalue weighted by molar-refractivity contribution is 9.10. The maximum Gasteiger partial charge on any atom is 0.263 e. The Kier molecular flexibility index (Phi) is 4.12. The van der Waals surface area contributed by atoms with E-state index in [9.17, 15) is 8.42 Å². The van der Waals surface area contributed by atoms with Crippen LogP contribution in [0.5, 0.6) is 0 Å². The first kappa shape index (κ1) is 14.6. The zero-order chi connectivity index (χ0) is 14.8. The first-order valence-corrected chi connectivity index (χ1v) is 8.00. The third-order valence-electron chi connectivity index (χ3n) is 2.72. The lowest BCUT2D eigenvalue weighted by Gasteiger charge is -2.10. The standard InChI is InChI=1S/C14H11BrN2O2S/c1-10-6-7-12(8-13(10)15)17-20(18,19)14-5-3-2-4-11(14)9-16/h2-8,17H,1H3. The number of rotatable bonds is 3. The zero-order valence-corrected chi connectivity index (χ0v) is 13.0. The number of anilines is 1. The van der Waals surface area contributed by atoms with Crippen LogP contribution in [0.4, 0.5) is 5.69 Å². The SMILES string of the molecule is Cc1ccc(NS(=O)(=O)c2ccccc2C#N)cc1Br. The van der Waals surface area contributed by atoms with E-state index in [0.29, 0.717) is 5.69 Å². The molecule has 0 radical (unpaired) electrons. The van der Waals surface area contributed by atoms with Crippen molar-refractivity contribution < 1.29 is 8.42 Å². The number of aryl methyl sites for hydroxylation is 1. The quantitative estimate of drug-likeness (QED) is 0.921. The Morgan fingerprint density at radius 2 is 1.90 bits per heavy atom. The second-order valence-electron chi connectivity index (χ2n) is 4.18. The van der Waals surface area contributed by atoms with E-state index in [2.05, 4.69) is 20.7 Å². The Morgan fingerprint density at radius 3 is 2.55 bits per heavy atom. The molecular weight excluding hydrogens is 340 g/mol. The maximum atomic E-state index is 12.3. The predicted octanol–water partition coefficient (Wildman–Crippen LogP) is 3.43. The van der Waals surface area contributed by atoms with Crippen molar-refractivity contribution in [1.29, 1.82) is 5.26 Å². The predicted molar refractivity (Wildman–Crippen MR) is 80.8 cm³/mol. The van der Waals surface area contributed by atoms with Crippen molar-refractivity contribution in [2.45, 2.75) is 11.8 Å². The third kappa shape index (κ3) is 3.00. The van der Waals surface area contributed by atoms with Gasteiger partial charge in [0.15, 0.2) is 0 Å². The molecule has 0 saturated carbocycles. The van der Waals surface area contributed by atoms with Crippen LogP contribution in [0.2, 0.25) is 0 Å². The Morgan fingerprint density at radius 1 is 1.20 bits per heavy atom. The van der Waals surface area contributed by atoms with Crippen LogP contribution < -0.4 is 4.72 Å². The van der Waals surface area contributed by atoms with Crippen molar-refractivity contribution in [3.05, 3.63) is 58.1 Å². The minimum absolute atomic E-state index is 0.0285. The first-order valence-electron chi connectivity index (χ1n) is 5.72. The molecule has 102 valence electrons. The van der Waals surface area contributed by atoms with Crippen LogP contribution in [0.1, 0.15) is 11.1 Å². The van der Waals surface area contributed by atoms with Crippen molar-refractivity contribution in [2.75, 3.05) is 4.72 Å². The molecule has 0 aromatic heterocycles. The Balaban J connectivity index is 2.41. The van der Waals surface area contributed by atoms with Crippen LogP contribution in [-0.4, -0.2) is 8.42 Å². The summed E-state index contributed by atoms with van der Waals surface area (Å²) in [5.41, 5.74) is 1.56. The van der Waals surface area contributed by atoms with Crippen molar-refractivity contribution in [1.82, 2.24) is 0 Å². The highest BCUT2D eigenvalue weighted by atomic mass is 79.9. The van der Waals surface area contributed by atoms with Gasteiger partial charge in [-0.3, -0.25) is 4.72 Å². The van der Waals surface area contributed by atoms with Crippen molar-refractivity contribution in [3.8, 4) is 6.07 Å². The molecule has 0 bridgehead atoms. The Bertz CT molecular complexity index is 795. The van der Waals surface area contributed by atoms with E-state index < -0.39 is 10.0 Å². The van der Waals surface area contributed by atoms with Crippen LogP contribution in [-0.2, 0) is 10.0 Å². The van der Waals surface area contributed by atoms with Gasteiger partial charge in [-0.15, -0.1) is 0 Å². The lowest BCUT2D eigenvalue weighted by atomic mass is 10.2. The molecule has 2 aromatic carbocycles. The summed E-state index contributed by atoms with van der Waals surface area (Å²) in [7, 11) is -3.78. The van der Waals surface area contributed by atoms with Crippen LogP contribution in [0.3, 0.4) is 0 Å². The molecule has 0 aliphatic carbocycles. The van der Waals surface area contributed by atoms with Gasteiger partial charge in [0.1, 0.15) is 11.0 Å². The lowest BCUT2D eigenvalue weighted by molar-refractivity contribution is 0.601. The average Bonchev–Trinajstić information content (AvgIpc) is 2.42. The fourth-order valence-electron chi connectivity index (χ4n) is 1.66. The number of hydrogen-bond acceptors (Lipinski definition) is 3. The summed E-state index contributed by atoms with van der Waals surface area (Å²) in [4.78, 5) is -0.0285. The zero-order valence-electron chi connectivity index (χ0n) is 10.6. The fourth-order valence-corrected chi connectivity index (χ4v) is 3.25. The first-order chi connectivity index (χ1) is 9.44. The molecule has 0 fully saturated rings. The highest BCUT2D eigenvalue weighted by Crippen LogP contribution is 2.24. The molecule has 0 saturated heterocycles. The second kappa shape index (κ2) is 5.65. The lowest BCUT2D eigenvalue weighted by Crippen LogP contribution is -2.14. The molecule has 0 spiro atoms. The smallest absolute Gasteiger partial charge is 0.263 e. The van der Waals surface area contributed by atoms with Gasteiger partial charge in [0, 0.05) is 10.2 Å². The van der Waals surface area contributed by atoms with Crippen LogP contribution in [0.25, 0.3) is 0 Å². The number of benzene rings is 2. The average molecular weight is 351 g/mol.